The molecule has 3 aliphatic rings. The van der Waals surface area contributed by atoms with Gasteiger partial charge in [0, 0.05) is 36.4 Å². The molecular formula is C23H25N5O3. The molecule has 2 aliphatic heterocycles. The normalized spacial score (nSPS) is 25.0. The van der Waals surface area contributed by atoms with Crippen LogP contribution in [0.2, 0.25) is 0 Å². The summed E-state index contributed by atoms with van der Waals surface area (Å²) in [5.41, 5.74) is 2.40. The summed E-state index contributed by atoms with van der Waals surface area (Å²) in [5, 5.41) is 10.7. The van der Waals surface area contributed by atoms with Crippen molar-refractivity contribution in [1.82, 2.24) is 19.9 Å². The van der Waals surface area contributed by atoms with Gasteiger partial charge >= 0.3 is 0 Å². The van der Waals surface area contributed by atoms with E-state index < -0.39 is 0 Å². The number of carbonyl (C=O) groups excluding carboxylic acids is 1. The van der Waals surface area contributed by atoms with Crippen LogP contribution in [0.4, 0.5) is 5.69 Å². The Morgan fingerprint density at radius 3 is 3.03 bits per heavy atom. The number of fused-ring (bicyclic) bond motifs is 3. The molecule has 1 aliphatic carbocycles. The molecule has 3 aromatic rings. The van der Waals surface area contributed by atoms with Gasteiger partial charge in [-0.3, -0.25) is 4.79 Å². The van der Waals surface area contributed by atoms with Crippen LogP contribution >= 0.6 is 0 Å². The molecule has 4 heterocycles. The highest BCUT2D eigenvalue weighted by Gasteiger charge is 2.53. The van der Waals surface area contributed by atoms with Crippen molar-refractivity contribution in [3.63, 3.8) is 0 Å². The molecule has 2 N–H and O–H groups in total. The van der Waals surface area contributed by atoms with Crippen LogP contribution in [0.3, 0.4) is 0 Å². The van der Waals surface area contributed by atoms with Crippen molar-refractivity contribution < 1.29 is 14.3 Å². The molecule has 1 saturated carbocycles. The van der Waals surface area contributed by atoms with Crippen LogP contribution in [0.1, 0.15) is 29.8 Å². The third-order valence-electron chi connectivity index (χ3n) is 6.64. The number of piperidine rings is 1. The maximum absolute atomic E-state index is 13.1. The number of benzene rings is 1. The van der Waals surface area contributed by atoms with Crippen molar-refractivity contribution in [3.8, 4) is 11.5 Å². The van der Waals surface area contributed by atoms with Crippen LogP contribution in [0, 0.1) is 17.8 Å². The van der Waals surface area contributed by atoms with Gasteiger partial charge in [0.25, 0.3) is 5.91 Å². The molecule has 31 heavy (non-hydrogen) atoms. The molecule has 8 heteroatoms. The third-order valence-corrected chi connectivity index (χ3v) is 6.64. The average molecular weight is 419 g/mol. The van der Waals surface area contributed by atoms with E-state index in [4.69, 9.17) is 9.47 Å². The van der Waals surface area contributed by atoms with Gasteiger partial charge in [-0.1, -0.05) is 0 Å². The number of aromatic nitrogens is 3. The van der Waals surface area contributed by atoms with Gasteiger partial charge in [0.2, 0.25) is 0 Å². The number of nitrogens with one attached hydrogen (secondary N) is 2. The Labute approximate surface area is 179 Å². The zero-order valence-corrected chi connectivity index (χ0v) is 17.6. The van der Waals surface area contributed by atoms with Gasteiger partial charge in [-0.25, -0.2) is 9.50 Å². The van der Waals surface area contributed by atoms with E-state index in [0.29, 0.717) is 47.0 Å². The lowest BCUT2D eigenvalue weighted by Gasteiger charge is -2.17. The quantitative estimate of drug-likeness (QED) is 0.661. The van der Waals surface area contributed by atoms with E-state index in [0.717, 1.165) is 30.8 Å². The number of ether oxygens (including phenoxy) is 2. The predicted octanol–water partition coefficient (Wildman–Crippen LogP) is 2.54. The lowest BCUT2D eigenvalue weighted by molar-refractivity contribution is 0.102. The first kappa shape index (κ1) is 18.6. The highest BCUT2D eigenvalue weighted by molar-refractivity contribution is 6.08. The van der Waals surface area contributed by atoms with Crippen LogP contribution in [0.5, 0.6) is 11.5 Å². The number of hydrogen-bond acceptors (Lipinski definition) is 6. The summed E-state index contributed by atoms with van der Waals surface area (Å²) in [4.78, 5) is 17.4. The Hall–Kier alpha value is -3.13. The molecule has 0 radical (unpaired) electrons. The number of carbonyl (C=O) groups is 1. The summed E-state index contributed by atoms with van der Waals surface area (Å²) in [6.45, 7) is 6.93. The van der Waals surface area contributed by atoms with Crippen molar-refractivity contribution >= 4 is 17.2 Å². The van der Waals surface area contributed by atoms with E-state index >= 15 is 0 Å². The van der Waals surface area contributed by atoms with E-state index in [1.807, 2.05) is 12.1 Å². The molecule has 1 aromatic carbocycles. The molecule has 1 amide bonds. The van der Waals surface area contributed by atoms with Crippen molar-refractivity contribution in [1.29, 1.82) is 0 Å². The highest BCUT2D eigenvalue weighted by atomic mass is 16.5. The summed E-state index contributed by atoms with van der Waals surface area (Å²) < 4.78 is 13.9. The van der Waals surface area contributed by atoms with E-state index in [2.05, 4.69) is 34.6 Å². The van der Waals surface area contributed by atoms with Crippen molar-refractivity contribution in [2.45, 2.75) is 25.9 Å². The monoisotopic (exact) mass is 419 g/mol. The van der Waals surface area contributed by atoms with Gasteiger partial charge in [-0.05, 0) is 50.9 Å². The third kappa shape index (κ3) is 3.22. The number of nitrogens with zero attached hydrogens (tertiary/aromatic N) is 3. The van der Waals surface area contributed by atoms with Gasteiger partial charge < -0.3 is 20.1 Å². The molecule has 2 unspecified atom stereocenters. The van der Waals surface area contributed by atoms with Crippen LogP contribution in [-0.2, 0) is 6.42 Å². The molecule has 0 bridgehead atoms. The fraction of sp³-hybridized carbons (Fsp3) is 0.435. The van der Waals surface area contributed by atoms with Gasteiger partial charge in [0.05, 0.1) is 18.5 Å². The lowest BCUT2D eigenvalue weighted by atomic mass is 10.0. The Balaban J connectivity index is 1.28. The second kappa shape index (κ2) is 6.68. The minimum absolute atomic E-state index is 0.260. The number of rotatable bonds is 5. The largest absolute Gasteiger partial charge is 0.491 e. The van der Waals surface area contributed by atoms with Crippen molar-refractivity contribution in [2.24, 2.45) is 17.8 Å². The first-order valence-electron chi connectivity index (χ1n) is 10.8. The summed E-state index contributed by atoms with van der Waals surface area (Å²) in [6, 6.07) is 5.68. The zero-order chi connectivity index (χ0) is 21.2. The lowest BCUT2D eigenvalue weighted by Crippen LogP contribution is -2.24. The first-order valence-corrected chi connectivity index (χ1v) is 10.8. The molecular weight excluding hydrogens is 394 g/mol. The van der Waals surface area contributed by atoms with Gasteiger partial charge in [-0.15, -0.1) is 0 Å². The van der Waals surface area contributed by atoms with Crippen molar-refractivity contribution in [3.05, 3.63) is 47.9 Å². The van der Waals surface area contributed by atoms with E-state index in [9.17, 15) is 4.79 Å². The molecule has 2 fully saturated rings. The minimum atomic E-state index is -0.270. The van der Waals surface area contributed by atoms with E-state index in [-0.39, 0.29) is 11.5 Å². The Morgan fingerprint density at radius 2 is 2.19 bits per heavy atom. The second-order valence-electron chi connectivity index (χ2n) is 9.36. The first-order chi connectivity index (χ1) is 15.0. The van der Waals surface area contributed by atoms with E-state index in [1.165, 1.54) is 6.20 Å². The molecule has 1 saturated heterocycles. The summed E-state index contributed by atoms with van der Waals surface area (Å²) in [7, 11) is 0. The fourth-order valence-electron chi connectivity index (χ4n) is 5.01. The minimum Gasteiger partial charge on any atom is -0.491 e. The molecule has 2 aromatic heterocycles. The summed E-state index contributed by atoms with van der Waals surface area (Å²) in [6.07, 6.45) is 5.74. The number of anilines is 1. The van der Waals surface area contributed by atoms with Crippen LogP contribution in [-0.4, -0.2) is 45.8 Å². The highest BCUT2D eigenvalue weighted by Crippen LogP contribution is 2.49. The Kier molecular flexibility index (Phi) is 4.02. The van der Waals surface area contributed by atoms with Crippen molar-refractivity contribution in [2.75, 3.05) is 25.0 Å². The molecule has 8 nitrogen and oxygen atoms in total. The Morgan fingerprint density at radius 1 is 1.35 bits per heavy atom. The topological polar surface area (TPSA) is 89.8 Å². The molecule has 2 atom stereocenters. The second-order valence-corrected chi connectivity index (χ2v) is 9.36. The van der Waals surface area contributed by atoms with Gasteiger partial charge in [-0.2, -0.15) is 5.10 Å². The predicted molar refractivity (Wildman–Crippen MR) is 115 cm³/mol. The maximum Gasteiger partial charge on any atom is 0.261 e. The molecule has 0 spiro atoms. The van der Waals surface area contributed by atoms with Crippen LogP contribution < -0.4 is 20.1 Å². The number of amides is 1. The standard InChI is InChI=1S/C23H25N5O3/c1-23(2)8-13-6-18(27-22(29)16-11-26-28-5-3-4-25-21(16)28)20(7-19(13)31-23)30-12-17-14-9-24-10-15(14)17/h3-7,11,14-15,17,24H,8-10,12H2,1-2H3,(H,27,29). The smallest absolute Gasteiger partial charge is 0.261 e. The van der Waals surface area contributed by atoms with Crippen LogP contribution in [0.25, 0.3) is 5.65 Å². The van der Waals surface area contributed by atoms with Crippen LogP contribution in [0.15, 0.2) is 36.8 Å². The summed E-state index contributed by atoms with van der Waals surface area (Å²) in [5.74, 6) is 3.23. The van der Waals surface area contributed by atoms with Gasteiger partial charge in [0.1, 0.15) is 22.7 Å². The SMILES string of the molecule is CC1(C)Cc2cc(NC(=O)c3cnn4cccnc34)c(OCC3C4CNCC43)cc2O1. The summed E-state index contributed by atoms with van der Waals surface area (Å²) >= 11 is 0. The van der Waals surface area contributed by atoms with Gasteiger partial charge in [0.15, 0.2) is 5.65 Å². The molecule has 6 rings (SSSR count). The fourth-order valence-corrected chi connectivity index (χ4v) is 5.01. The average Bonchev–Trinajstić information content (AvgIpc) is 3.14. The molecule has 160 valence electrons. The Bertz CT molecular complexity index is 1180. The number of hydrogen-bond donors (Lipinski definition) is 2. The van der Waals surface area contributed by atoms with E-state index in [1.54, 1.807) is 23.0 Å². The zero-order valence-electron chi connectivity index (χ0n) is 17.6. The maximum atomic E-state index is 13.1.